The predicted molar refractivity (Wildman–Crippen MR) is 70.9 cm³/mol. The maximum atomic E-state index is 13.3. The second-order valence-electron chi connectivity index (χ2n) is 4.40. The summed E-state index contributed by atoms with van der Waals surface area (Å²) in [5.41, 5.74) is 4.20. The molecule has 0 amide bonds. The van der Waals surface area contributed by atoms with E-state index in [9.17, 15) is 4.39 Å². The topological polar surface area (TPSA) is 3.24 Å². The van der Waals surface area contributed by atoms with Crippen molar-refractivity contribution in [2.45, 2.75) is 6.92 Å². The summed E-state index contributed by atoms with van der Waals surface area (Å²) in [6, 6.07) is 13.0. The third kappa shape index (κ3) is 2.47. The van der Waals surface area contributed by atoms with Crippen LogP contribution in [-0.2, 0) is 0 Å². The fraction of sp³-hybridized carbons (Fsp3) is 0.200. The van der Waals surface area contributed by atoms with Gasteiger partial charge >= 0.3 is 0 Å². The summed E-state index contributed by atoms with van der Waals surface area (Å²) in [4.78, 5) is 2.04. The molecular formula is C15H16FN. The summed E-state index contributed by atoms with van der Waals surface area (Å²) >= 11 is 0. The first-order chi connectivity index (χ1) is 8.08. The van der Waals surface area contributed by atoms with Crippen molar-refractivity contribution < 1.29 is 4.39 Å². The maximum absolute atomic E-state index is 13.3. The number of hydrogen-bond donors (Lipinski definition) is 0. The van der Waals surface area contributed by atoms with Gasteiger partial charge in [0.1, 0.15) is 5.82 Å². The van der Waals surface area contributed by atoms with E-state index in [0.29, 0.717) is 0 Å². The highest BCUT2D eigenvalue weighted by Gasteiger charge is 2.05. The van der Waals surface area contributed by atoms with Crippen LogP contribution in [0, 0.1) is 12.7 Å². The lowest BCUT2D eigenvalue weighted by atomic mass is 10.00. The molecule has 0 aliphatic carbocycles. The maximum Gasteiger partial charge on any atom is 0.123 e. The zero-order chi connectivity index (χ0) is 12.4. The Morgan fingerprint density at radius 1 is 1.00 bits per heavy atom. The second-order valence-corrected chi connectivity index (χ2v) is 4.40. The smallest absolute Gasteiger partial charge is 0.123 e. The molecule has 0 heterocycles. The number of nitrogens with zero attached hydrogens (tertiary/aromatic N) is 1. The molecule has 2 rings (SSSR count). The van der Waals surface area contributed by atoms with Gasteiger partial charge in [-0.25, -0.2) is 4.39 Å². The zero-order valence-corrected chi connectivity index (χ0v) is 10.4. The van der Waals surface area contributed by atoms with Crippen molar-refractivity contribution in [3.63, 3.8) is 0 Å². The molecule has 0 aliphatic heterocycles. The lowest BCUT2D eigenvalue weighted by Crippen LogP contribution is -2.08. The van der Waals surface area contributed by atoms with Gasteiger partial charge in [-0.3, -0.25) is 0 Å². The van der Waals surface area contributed by atoms with Crippen molar-refractivity contribution in [3.8, 4) is 11.1 Å². The molecule has 17 heavy (non-hydrogen) atoms. The molecule has 0 saturated carbocycles. The van der Waals surface area contributed by atoms with Gasteiger partial charge in [-0.2, -0.15) is 0 Å². The van der Waals surface area contributed by atoms with Crippen molar-refractivity contribution >= 4 is 5.69 Å². The van der Waals surface area contributed by atoms with Gasteiger partial charge in [-0.05, 0) is 47.9 Å². The molecule has 0 spiro atoms. The zero-order valence-electron chi connectivity index (χ0n) is 10.4. The van der Waals surface area contributed by atoms with Crippen LogP contribution in [0.2, 0.25) is 0 Å². The average molecular weight is 229 g/mol. The lowest BCUT2D eigenvalue weighted by molar-refractivity contribution is 0.628. The Bertz CT molecular complexity index is 532. The number of rotatable bonds is 2. The molecule has 0 aromatic heterocycles. The van der Waals surface area contributed by atoms with Crippen LogP contribution in [0.25, 0.3) is 11.1 Å². The summed E-state index contributed by atoms with van der Waals surface area (Å²) in [6.07, 6.45) is 0. The van der Waals surface area contributed by atoms with Crippen LogP contribution in [0.3, 0.4) is 0 Å². The van der Waals surface area contributed by atoms with Crippen LogP contribution in [0.15, 0.2) is 42.5 Å². The van der Waals surface area contributed by atoms with Gasteiger partial charge in [-0.15, -0.1) is 0 Å². The Kier molecular flexibility index (Phi) is 3.14. The van der Waals surface area contributed by atoms with E-state index in [1.165, 1.54) is 6.07 Å². The summed E-state index contributed by atoms with van der Waals surface area (Å²) in [6.45, 7) is 2.00. The van der Waals surface area contributed by atoms with Crippen LogP contribution in [0.1, 0.15) is 5.56 Å². The molecule has 2 aromatic carbocycles. The lowest BCUT2D eigenvalue weighted by Gasteiger charge is -2.14. The summed E-state index contributed by atoms with van der Waals surface area (Å²) in [5.74, 6) is -0.194. The Morgan fingerprint density at radius 2 is 1.76 bits per heavy atom. The fourth-order valence-electron chi connectivity index (χ4n) is 1.86. The second kappa shape index (κ2) is 4.58. The normalized spacial score (nSPS) is 10.4. The summed E-state index contributed by atoms with van der Waals surface area (Å²) in [5, 5.41) is 0. The van der Waals surface area contributed by atoms with Crippen LogP contribution >= 0.6 is 0 Å². The van der Waals surface area contributed by atoms with E-state index < -0.39 is 0 Å². The van der Waals surface area contributed by atoms with Crippen molar-refractivity contribution in [1.82, 2.24) is 0 Å². The molecule has 0 bridgehead atoms. The minimum absolute atomic E-state index is 0.194. The summed E-state index contributed by atoms with van der Waals surface area (Å²) in [7, 11) is 4.00. The fourth-order valence-corrected chi connectivity index (χ4v) is 1.86. The van der Waals surface area contributed by atoms with Crippen LogP contribution < -0.4 is 4.90 Å². The Hall–Kier alpha value is -1.83. The van der Waals surface area contributed by atoms with E-state index in [2.05, 4.69) is 6.07 Å². The highest BCUT2D eigenvalue weighted by Crippen LogP contribution is 2.27. The molecule has 0 unspecified atom stereocenters. The van der Waals surface area contributed by atoms with Crippen LogP contribution in [0.5, 0.6) is 0 Å². The first kappa shape index (κ1) is 11.6. The van der Waals surface area contributed by atoms with Gasteiger partial charge in [-0.1, -0.05) is 18.2 Å². The standard InChI is InChI=1S/C15H16FN/c1-11-7-8-13(16)10-15(11)12-5-4-6-14(9-12)17(2)3/h4-10H,1-3H3. The predicted octanol–water partition coefficient (Wildman–Crippen LogP) is 3.87. The van der Waals surface area contributed by atoms with E-state index in [4.69, 9.17) is 0 Å². The van der Waals surface area contributed by atoms with E-state index in [-0.39, 0.29) is 5.82 Å². The van der Waals surface area contributed by atoms with Crippen molar-refractivity contribution in [1.29, 1.82) is 0 Å². The van der Waals surface area contributed by atoms with Gasteiger partial charge in [0, 0.05) is 19.8 Å². The molecule has 2 aromatic rings. The number of hydrogen-bond acceptors (Lipinski definition) is 1. The molecule has 0 aliphatic rings. The molecule has 88 valence electrons. The highest BCUT2D eigenvalue weighted by molar-refractivity contribution is 5.71. The minimum Gasteiger partial charge on any atom is -0.378 e. The van der Waals surface area contributed by atoms with E-state index in [1.807, 2.05) is 50.2 Å². The molecule has 0 fully saturated rings. The molecular weight excluding hydrogens is 213 g/mol. The monoisotopic (exact) mass is 229 g/mol. The number of anilines is 1. The van der Waals surface area contributed by atoms with Gasteiger partial charge in [0.15, 0.2) is 0 Å². The quantitative estimate of drug-likeness (QED) is 0.755. The molecule has 0 radical (unpaired) electrons. The molecule has 1 nitrogen and oxygen atoms in total. The molecule has 0 N–H and O–H groups in total. The molecule has 2 heteroatoms. The Morgan fingerprint density at radius 3 is 2.47 bits per heavy atom. The van der Waals surface area contributed by atoms with Crippen molar-refractivity contribution in [3.05, 3.63) is 53.8 Å². The first-order valence-electron chi connectivity index (χ1n) is 5.62. The van der Waals surface area contributed by atoms with Gasteiger partial charge in [0.05, 0.1) is 0 Å². The third-order valence-corrected chi connectivity index (χ3v) is 2.87. The third-order valence-electron chi connectivity index (χ3n) is 2.87. The van der Waals surface area contributed by atoms with Crippen molar-refractivity contribution in [2.24, 2.45) is 0 Å². The molecule has 0 atom stereocenters. The average Bonchev–Trinajstić information content (AvgIpc) is 2.32. The molecule has 0 saturated heterocycles. The van der Waals surface area contributed by atoms with Gasteiger partial charge in [0.25, 0.3) is 0 Å². The highest BCUT2D eigenvalue weighted by atomic mass is 19.1. The van der Waals surface area contributed by atoms with Crippen molar-refractivity contribution in [2.75, 3.05) is 19.0 Å². The number of halogens is 1. The number of aryl methyl sites for hydroxylation is 1. The number of benzene rings is 2. The Balaban J connectivity index is 2.52. The largest absolute Gasteiger partial charge is 0.378 e. The van der Waals surface area contributed by atoms with Gasteiger partial charge in [0.2, 0.25) is 0 Å². The van der Waals surface area contributed by atoms with Gasteiger partial charge < -0.3 is 4.90 Å². The SMILES string of the molecule is Cc1ccc(F)cc1-c1cccc(N(C)C)c1. The van der Waals surface area contributed by atoms with E-state index in [1.54, 1.807) is 6.07 Å². The van der Waals surface area contributed by atoms with E-state index in [0.717, 1.165) is 22.4 Å². The minimum atomic E-state index is -0.194. The van der Waals surface area contributed by atoms with Crippen LogP contribution in [-0.4, -0.2) is 14.1 Å². The Labute approximate surface area is 102 Å². The van der Waals surface area contributed by atoms with Crippen LogP contribution in [0.4, 0.5) is 10.1 Å². The van der Waals surface area contributed by atoms with E-state index >= 15 is 0 Å². The summed E-state index contributed by atoms with van der Waals surface area (Å²) < 4.78 is 13.3. The first-order valence-corrected chi connectivity index (χ1v) is 5.62.